The van der Waals surface area contributed by atoms with Crippen LogP contribution in [0.3, 0.4) is 0 Å². The average Bonchev–Trinajstić information content (AvgIpc) is 3.13. The van der Waals surface area contributed by atoms with Crippen molar-refractivity contribution in [3.05, 3.63) is 35.4 Å². The van der Waals surface area contributed by atoms with Gasteiger partial charge in [0.25, 0.3) is 0 Å². The van der Waals surface area contributed by atoms with Crippen molar-refractivity contribution in [2.24, 2.45) is 5.92 Å². The van der Waals surface area contributed by atoms with Gasteiger partial charge in [0.05, 0.1) is 11.1 Å². The van der Waals surface area contributed by atoms with Gasteiger partial charge in [-0.05, 0) is 55.7 Å². The lowest BCUT2D eigenvalue weighted by Crippen LogP contribution is -2.69. The van der Waals surface area contributed by atoms with Crippen LogP contribution in [0.1, 0.15) is 43.2 Å². The monoisotopic (exact) mass is 310 g/mol. The summed E-state index contributed by atoms with van der Waals surface area (Å²) >= 11 is 0. The number of hydrogen-bond donors (Lipinski definition) is 2. The third-order valence-electron chi connectivity index (χ3n) is 5.26. The lowest BCUT2D eigenvalue weighted by Gasteiger charge is -2.61. The number of halogens is 3. The molecule has 0 unspecified atom stereocenters. The molecule has 1 aromatic rings. The van der Waals surface area contributed by atoms with E-state index in [0.29, 0.717) is 18.4 Å². The van der Waals surface area contributed by atoms with E-state index < -0.39 is 17.3 Å². The van der Waals surface area contributed by atoms with E-state index in [2.05, 4.69) is 10.6 Å². The second kappa shape index (κ2) is 4.18. The average molecular weight is 310 g/mol. The molecular weight excluding hydrogens is 293 g/mol. The molecule has 0 heterocycles. The van der Waals surface area contributed by atoms with Crippen molar-refractivity contribution >= 4 is 6.03 Å². The van der Waals surface area contributed by atoms with Gasteiger partial charge >= 0.3 is 12.2 Å². The Labute approximate surface area is 126 Å². The van der Waals surface area contributed by atoms with Gasteiger partial charge in [0, 0.05) is 5.54 Å². The van der Waals surface area contributed by atoms with Crippen molar-refractivity contribution in [1.29, 1.82) is 0 Å². The summed E-state index contributed by atoms with van der Waals surface area (Å²) in [6.07, 6.45) is 0.111. The van der Waals surface area contributed by atoms with Crippen LogP contribution in [0.4, 0.5) is 18.0 Å². The summed E-state index contributed by atoms with van der Waals surface area (Å²) in [5.41, 5.74) is -0.791. The molecule has 6 heteroatoms. The van der Waals surface area contributed by atoms with Crippen LogP contribution in [0.2, 0.25) is 0 Å². The van der Waals surface area contributed by atoms with Crippen LogP contribution in [-0.4, -0.2) is 11.6 Å². The fourth-order valence-corrected chi connectivity index (χ4v) is 3.72. The second-order valence-corrected chi connectivity index (χ2v) is 7.00. The predicted octanol–water partition coefficient (Wildman–Crippen LogP) is 3.55. The summed E-state index contributed by atoms with van der Waals surface area (Å²) in [7, 11) is 0. The zero-order valence-corrected chi connectivity index (χ0v) is 12.0. The Balaban J connectivity index is 1.48. The lowest BCUT2D eigenvalue weighted by molar-refractivity contribution is -0.137. The molecule has 0 atom stereocenters. The highest BCUT2D eigenvalue weighted by Crippen LogP contribution is 2.57. The quantitative estimate of drug-likeness (QED) is 0.881. The Morgan fingerprint density at radius 3 is 2.32 bits per heavy atom. The molecule has 0 saturated heterocycles. The minimum atomic E-state index is -4.36. The van der Waals surface area contributed by atoms with Gasteiger partial charge in [0.2, 0.25) is 0 Å². The number of amides is 2. The number of urea groups is 1. The van der Waals surface area contributed by atoms with Crippen molar-refractivity contribution in [3.8, 4) is 0 Å². The highest BCUT2D eigenvalue weighted by Gasteiger charge is 2.58. The summed E-state index contributed by atoms with van der Waals surface area (Å²) in [4.78, 5) is 12.1. The SMILES string of the molecule is O=C(NC12CC(C1)C2)NC1(c2cccc(C(F)(F)F)c2)CC1. The normalized spacial score (nSPS) is 30.8. The first kappa shape index (κ1) is 13.9. The topological polar surface area (TPSA) is 41.1 Å². The number of benzene rings is 1. The van der Waals surface area contributed by atoms with Gasteiger partial charge < -0.3 is 10.6 Å². The molecule has 5 rings (SSSR count). The minimum Gasteiger partial charge on any atom is -0.333 e. The van der Waals surface area contributed by atoms with Crippen molar-refractivity contribution in [3.63, 3.8) is 0 Å². The van der Waals surface area contributed by atoms with Crippen LogP contribution in [0.25, 0.3) is 0 Å². The highest BCUT2D eigenvalue weighted by atomic mass is 19.4. The summed E-state index contributed by atoms with van der Waals surface area (Å²) in [5, 5.41) is 5.89. The number of alkyl halides is 3. The molecule has 0 spiro atoms. The Hall–Kier alpha value is -1.72. The van der Waals surface area contributed by atoms with E-state index in [1.165, 1.54) is 6.07 Å². The number of carbonyl (C=O) groups is 1. The largest absolute Gasteiger partial charge is 0.416 e. The molecule has 3 nitrogen and oxygen atoms in total. The van der Waals surface area contributed by atoms with Gasteiger partial charge in [-0.15, -0.1) is 0 Å². The molecule has 2 amide bonds. The van der Waals surface area contributed by atoms with Gasteiger partial charge in [-0.25, -0.2) is 4.79 Å². The zero-order chi connectivity index (χ0) is 15.6. The van der Waals surface area contributed by atoms with E-state index in [9.17, 15) is 18.0 Å². The molecule has 0 aliphatic heterocycles. The fraction of sp³-hybridized carbons (Fsp3) is 0.562. The Morgan fingerprint density at radius 1 is 1.14 bits per heavy atom. The van der Waals surface area contributed by atoms with Gasteiger partial charge in [-0.2, -0.15) is 13.2 Å². The molecule has 0 radical (unpaired) electrons. The van der Waals surface area contributed by atoms with E-state index >= 15 is 0 Å². The van der Waals surface area contributed by atoms with Gasteiger partial charge in [-0.1, -0.05) is 12.1 Å². The smallest absolute Gasteiger partial charge is 0.333 e. The third-order valence-corrected chi connectivity index (χ3v) is 5.26. The molecule has 4 aliphatic carbocycles. The molecule has 22 heavy (non-hydrogen) atoms. The predicted molar refractivity (Wildman–Crippen MR) is 74.1 cm³/mol. The Kier molecular flexibility index (Phi) is 2.64. The standard InChI is InChI=1S/C16H17F3N2O/c17-16(18,19)12-3-1-2-11(6-12)15(4-5-15)21-13(22)20-14-7-10(8-14)9-14/h1-3,6,10H,4-5,7-9H2,(H2,20,21,22). The first-order valence-electron chi connectivity index (χ1n) is 7.58. The first-order chi connectivity index (χ1) is 10.3. The third kappa shape index (κ3) is 2.16. The van der Waals surface area contributed by atoms with Crippen LogP contribution in [0, 0.1) is 5.92 Å². The van der Waals surface area contributed by atoms with Crippen LogP contribution in [-0.2, 0) is 11.7 Å². The van der Waals surface area contributed by atoms with E-state index in [1.807, 2.05) is 0 Å². The Morgan fingerprint density at radius 2 is 1.82 bits per heavy atom. The molecule has 118 valence electrons. The van der Waals surface area contributed by atoms with Crippen molar-refractivity contribution in [2.75, 3.05) is 0 Å². The molecule has 0 aromatic heterocycles. The van der Waals surface area contributed by atoms with Crippen LogP contribution in [0.15, 0.2) is 24.3 Å². The maximum atomic E-state index is 12.8. The van der Waals surface area contributed by atoms with Gasteiger partial charge in [0.1, 0.15) is 0 Å². The van der Waals surface area contributed by atoms with E-state index in [-0.39, 0.29) is 11.6 Å². The van der Waals surface area contributed by atoms with Crippen molar-refractivity contribution < 1.29 is 18.0 Å². The summed E-state index contributed by atoms with van der Waals surface area (Å²) in [6, 6.07) is 5.01. The van der Waals surface area contributed by atoms with E-state index in [0.717, 1.165) is 37.3 Å². The maximum Gasteiger partial charge on any atom is 0.416 e. The first-order valence-corrected chi connectivity index (χ1v) is 7.58. The number of nitrogens with one attached hydrogen (secondary N) is 2. The summed E-state index contributed by atoms with van der Waals surface area (Å²) in [6.45, 7) is 0. The highest BCUT2D eigenvalue weighted by molar-refractivity contribution is 5.77. The lowest BCUT2D eigenvalue weighted by atomic mass is 9.50. The van der Waals surface area contributed by atoms with Gasteiger partial charge in [-0.3, -0.25) is 0 Å². The Bertz CT molecular complexity index is 620. The molecule has 1 aromatic carbocycles. The van der Waals surface area contributed by atoms with Crippen LogP contribution < -0.4 is 10.6 Å². The number of hydrogen-bond acceptors (Lipinski definition) is 1. The summed E-state index contributed by atoms with van der Waals surface area (Å²) in [5.74, 6) is 0.763. The molecular formula is C16H17F3N2O. The number of carbonyl (C=O) groups excluding carboxylic acids is 1. The summed E-state index contributed by atoms with van der Waals surface area (Å²) < 4.78 is 38.5. The van der Waals surface area contributed by atoms with Gasteiger partial charge in [0.15, 0.2) is 0 Å². The van der Waals surface area contributed by atoms with E-state index in [4.69, 9.17) is 0 Å². The van der Waals surface area contributed by atoms with Crippen molar-refractivity contribution in [1.82, 2.24) is 10.6 Å². The molecule has 2 bridgehead atoms. The molecule has 4 fully saturated rings. The zero-order valence-electron chi connectivity index (χ0n) is 12.0. The van der Waals surface area contributed by atoms with Crippen molar-refractivity contribution in [2.45, 2.75) is 49.4 Å². The number of rotatable bonds is 3. The molecule has 4 saturated carbocycles. The van der Waals surface area contributed by atoms with E-state index in [1.54, 1.807) is 6.07 Å². The minimum absolute atomic E-state index is 0.0291. The fourth-order valence-electron chi connectivity index (χ4n) is 3.72. The molecule has 4 aliphatic rings. The second-order valence-electron chi connectivity index (χ2n) is 7.00. The van der Waals surface area contributed by atoms with Crippen LogP contribution >= 0.6 is 0 Å². The van der Waals surface area contributed by atoms with Crippen LogP contribution in [0.5, 0.6) is 0 Å². The molecule has 2 N–H and O–H groups in total. The maximum absolute atomic E-state index is 12.8.